The average molecular weight is 170 g/mol. The highest BCUT2D eigenvalue weighted by Gasteiger charge is 2.20. The smallest absolute Gasteiger partial charge is 0.237 e. The van der Waals surface area contributed by atoms with Crippen molar-refractivity contribution < 1.29 is 9.90 Å². The number of hydrogen-bond acceptors (Lipinski definition) is 3. The fourth-order valence-electron chi connectivity index (χ4n) is 0.800. The molecule has 0 rings (SSSR count). The van der Waals surface area contributed by atoms with Crippen LogP contribution in [0.15, 0.2) is 0 Å². The molecule has 4 heteroatoms. The van der Waals surface area contributed by atoms with Gasteiger partial charge in [0.05, 0.1) is 12.7 Å². The highest BCUT2D eigenvalue weighted by Crippen LogP contribution is 2.08. The van der Waals surface area contributed by atoms with E-state index in [2.05, 4.69) is 5.32 Å². The lowest BCUT2D eigenvalue weighted by Gasteiger charge is -2.11. The molecular weight excluding hydrogens is 156 g/mol. The highest BCUT2D eigenvalue weighted by molar-refractivity contribution is 5.81. The van der Waals surface area contributed by atoms with Gasteiger partial charge in [0, 0.05) is 6.54 Å². The molecule has 1 amide bonds. The maximum Gasteiger partial charge on any atom is 0.237 e. The summed E-state index contributed by atoms with van der Waals surface area (Å²) >= 11 is 0. The lowest BCUT2D eigenvalue weighted by molar-refractivity contribution is -0.124. The first-order chi connectivity index (χ1) is 5.63. The minimum absolute atomic E-state index is 0.00805. The SMILES string of the molecule is CC(C)C(C#N)C(=O)NCCO. The molecule has 0 aliphatic heterocycles. The quantitative estimate of drug-likeness (QED) is 0.618. The third kappa shape index (κ3) is 3.35. The Morgan fingerprint density at radius 1 is 1.67 bits per heavy atom. The van der Waals surface area contributed by atoms with Gasteiger partial charge in [-0.15, -0.1) is 0 Å². The third-order valence-electron chi connectivity index (χ3n) is 1.50. The number of hydrogen-bond donors (Lipinski definition) is 2. The van der Waals surface area contributed by atoms with Gasteiger partial charge in [0.15, 0.2) is 0 Å². The number of carbonyl (C=O) groups excluding carboxylic acids is 1. The van der Waals surface area contributed by atoms with Gasteiger partial charge in [-0.05, 0) is 5.92 Å². The summed E-state index contributed by atoms with van der Waals surface area (Å²) in [7, 11) is 0. The lowest BCUT2D eigenvalue weighted by Crippen LogP contribution is -2.34. The fourth-order valence-corrected chi connectivity index (χ4v) is 0.800. The van der Waals surface area contributed by atoms with Gasteiger partial charge in [0.25, 0.3) is 0 Å². The molecule has 0 aliphatic rings. The summed E-state index contributed by atoms with van der Waals surface area (Å²) in [5, 5.41) is 19.5. The van der Waals surface area contributed by atoms with Gasteiger partial charge in [0.2, 0.25) is 5.91 Å². The van der Waals surface area contributed by atoms with Gasteiger partial charge >= 0.3 is 0 Å². The molecule has 0 bridgehead atoms. The van der Waals surface area contributed by atoms with Gasteiger partial charge in [-0.25, -0.2) is 0 Å². The monoisotopic (exact) mass is 170 g/mol. The minimum Gasteiger partial charge on any atom is -0.395 e. The van der Waals surface area contributed by atoms with Crippen molar-refractivity contribution in [2.24, 2.45) is 11.8 Å². The Balaban J connectivity index is 3.97. The minimum atomic E-state index is -0.614. The standard InChI is InChI=1S/C8H14N2O2/c1-6(2)7(5-9)8(12)10-3-4-11/h6-7,11H,3-4H2,1-2H3,(H,10,12). The van der Waals surface area contributed by atoms with Crippen LogP contribution in [0.2, 0.25) is 0 Å². The second-order valence-corrected chi connectivity index (χ2v) is 2.87. The Bertz CT molecular complexity index is 184. The molecule has 0 heterocycles. The second-order valence-electron chi connectivity index (χ2n) is 2.87. The van der Waals surface area contributed by atoms with E-state index in [9.17, 15) is 4.79 Å². The molecule has 0 saturated carbocycles. The molecule has 68 valence electrons. The van der Waals surface area contributed by atoms with Crippen molar-refractivity contribution in [1.82, 2.24) is 5.32 Å². The summed E-state index contributed by atoms with van der Waals surface area (Å²) in [6.07, 6.45) is 0. The molecular formula is C8H14N2O2. The zero-order chi connectivity index (χ0) is 9.56. The van der Waals surface area contributed by atoms with Crippen LogP contribution in [0.3, 0.4) is 0 Å². The molecule has 0 radical (unpaired) electrons. The van der Waals surface area contributed by atoms with Crippen molar-refractivity contribution >= 4 is 5.91 Å². The van der Waals surface area contributed by atoms with Crippen LogP contribution in [-0.4, -0.2) is 24.2 Å². The number of nitriles is 1. The summed E-state index contributed by atoms with van der Waals surface area (Å²) in [6, 6.07) is 1.92. The van der Waals surface area contributed by atoms with E-state index in [1.54, 1.807) is 0 Å². The zero-order valence-corrected chi connectivity index (χ0v) is 7.37. The van der Waals surface area contributed by atoms with E-state index in [-0.39, 0.29) is 25.0 Å². The summed E-state index contributed by atoms with van der Waals surface area (Å²) in [6.45, 7) is 3.74. The van der Waals surface area contributed by atoms with Crippen LogP contribution < -0.4 is 5.32 Å². The van der Waals surface area contributed by atoms with Crippen molar-refractivity contribution in [3.8, 4) is 6.07 Å². The normalized spacial score (nSPS) is 12.2. The van der Waals surface area contributed by atoms with Crippen LogP contribution in [0.5, 0.6) is 0 Å². The van der Waals surface area contributed by atoms with E-state index in [1.165, 1.54) is 0 Å². The van der Waals surface area contributed by atoms with Crippen molar-refractivity contribution in [2.45, 2.75) is 13.8 Å². The molecule has 0 saturated heterocycles. The maximum atomic E-state index is 11.1. The number of nitrogens with zero attached hydrogens (tertiary/aromatic N) is 1. The predicted molar refractivity (Wildman–Crippen MR) is 44.0 cm³/mol. The number of rotatable bonds is 4. The van der Waals surface area contributed by atoms with Gasteiger partial charge in [0.1, 0.15) is 5.92 Å². The second kappa shape index (κ2) is 5.56. The maximum absolute atomic E-state index is 11.1. The molecule has 12 heavy (non-hydrogen) atoms. The highest BCUT2D eigenvalue weighted by atomic mass is 16.3. The topological polar surface area (TPSA) is 73.1 Å². The van der Waals surface area contributed by atoms with Gasteiger partial charge in [-0.2, -0.15) is 5.26 Å². The van der Waals surface area contributed by atoms with E-state index in [0.29, 0.717) is 0 Å². The Hall–Kier alpha value is -1.08. The van der Waals surface area contributed by atoms with E-state index in [4.69, 9.17) is 10.4 Å². The molecule has 0 spiro atoms. The Kier molecular flexibility index (Phi) is 5.06. The largest absolute Gasteiger partial charge is 0.395 e. The summed E-state index contributed by atoms with van der Waals surface area (Å²) in [5.41, 5.74) is 0. The number of nitrogens with one attached hydrogen (secondary N) is 1. The molecule has 0 aliphatic carbocycles. The van der Waals surface area contributed by atoms with Crippen LogP contribution in [0.1, 0.15) is 13.8 Å². The molecule has 1 unspecified atom stereocenters. The summed E-state index contributed by atoms with van der Waals surface area (Å²) in [5.74, 6) is -0.910. The van der Waals surface area contributed by atoms with Gasteiger partial charge in [-0.3, -0.25) is 4.79 Å². The number of amides is 1. The Labute approximate surface area is 72.2 Å². The van der Waals surface area contributed by atoms with Crippen LogP contribution in [-0.2, 0) is 4.79 Å². The van der Waals surface area contributed by atoms with Crippen LogP contribution in [0, 0.1) is 23.2 Å². The first-order valence-corrected chi connectivity index (χ1v) is 3.91. The number of aliphatic hydroxyl groups is 1. The molecule has 0 aromatic heterocycles. The summed E-state index contributed by atoms with van der Waals surface area (Å²) in [4.78, 5) is 11.1. The first-order valence-electron chi connectivity index (χ1n) is 3.91. The fraction of sp³-hybridized carbons (Fsp3) is 0.750. The van der Waals surface area contributed by atoms with Crippen LogP contribution >= 0.6 is 0 Å². The van der Waals surface area contributed by atoms with E-state index < -0.39 is 5.92 Å². The first kappa shape index (κ1) is 10.9. The zero-order valence-electron chi connectivity index (χ0n) is 7.37. The number of carbonyl (C=O) groups is 1. The van der Waals surface area contributed by atoms with Crippen molar-refractivity contribution in [3.63, 3.8) is 0 Å². The Morgan fingerprint density at radius 3 is 2.58 bits per heavy atom. The van der Waals surface area contributed by atoms with Crippen LogP contribution in [0.4, 0.5) is 0 Å². The predicted octanol–water partition coefficient (Wildman–Crippen LogP) is -0.109. The molecule has 0 aromatic rings. The van der Waals surface area contributed by atoms with Gasteiger partial charge in [-0.1, -0.05) is 13.8 Å². The van der Waals surface area contributed by atoms with E-state index >= 15 is 0 Å². The van der Waals surface area contributed by atoms with Gasteiger partial charge < -0.3 is 10.4 Å². The third-order valence-corrected chi connectivity index (χ3v) is 1.50. The molecule has 1 atom stereocenters. The van der Waals surface area contributed by atoms with Crippen molar-refractivity contribution in [1.29, 1.82) is 5.26 Å². The number of aliphatic hydroxyl groups excluding tert-OH is 1. The van der Waals surface area contributed by atoms with Crippen molar-refractivity contribution in [2.75, 3.05) is 13.2 Å². The van der Waals surface area contributed by atoms with Crippen LogP contribution in [0.25, 0.3) is 0 Å². The average Bonchev–Trinajstić information content (AvgIpc) is 2.01. The molecule has 2 N–H and O–H groups in total. The van der Waals surface area contributed by atoms with E-state index in [0.717, 1.165) is 0 Å². The Morgan fingerprint density at radius 2 is 2.25 bits per heavy atom. The lowest BCUT2D eigenvalue weighted by atomic mass is 9.97. The van der Waals surface area contributed by atoms with E-state index in [1.807, 2.05) is 19.9 Å². The summed E-state index contributed by atoms with van der Waals surface area (Å²) < 4.78 is 0. The molecule has 0 aromatic carbocycles. The molecule has 0 fully saturated rings. The van der Waals surface area contributed by atoms with Crippen molar-refractivity contribution in [3.05, 3.63) is 0 Å². The molecule has 4 nitrogen and oxygen atoms in total.